The van der Waals surface area contributed by atoms with Crippen LogP contribution in [0.25, 0.3) is 0 Å². The van der Waals surface area contributed by atoms with Crippen molar-refractivity contribution in [3.8, 4) is 0 Å². The highest BCUT2D eigenvalue weighted by Gasteiger charge is 2.26. The van der Waals surface area contributed by atoms with Crippen LogP contribution in [0.1, 0.15) is 17.3 Å². The first-order valence-electron chi connectivity index (χ1n) is 4.81. The van der Waals surface area contributed by atoms with Crippen molar-refractivity contribution in [1.29, 1.82) is 0 Å². The lowest BCUT2D eigenvalue weighted by Crippen LogP contribution is -2.24. The topological polar surface area (TPSA) is 12.0 Å². The molecule has 1 fully saturated rings. The lowest BCUT2D eigenvalue weighted by atomic mass is 9.98. The predicted octanol–water partition coefficient (Wildman–Crippen LogP) is 3.42. The molecule has 1 aliphatic rings. The summed E-state index contributed by atoms with van der Waals surface area (Å²) < 4.78 is 0.894. The SMILES string of the molecule is CNC(c1ccc(Cl)s1)C1CCSC1. The lowest BCUT2D eigenvalue weighted by molar-refractivity contribution is 0.426. The minimum absolute atomic E-state index is 0.502. The Balaban J connectivity index is 2.12. The molecule has 1 nitrogen and oxygen atoms in total. The van der Waals surface area contributed by atoms with E-state index >= 15 is 0 Å². The Morgan fingerprint density at radius 1 is 1.57 bits per heavy atom. The molecule has 0 aliphatic carbocycles. The summed E-state index contributed by atoms with van der Waals surface area (Å²) in [5, 5.41) is 3.41. The van der Waals surface area contributed by atoms with Crippen LogP contribution in [0.5, 0.6) is 0 Å². The van der Waals surface area contributed by atoms with Gasteiger partial charge >= 0.3 is 0 Å². The van der Waals surface area contributed by atoms with Gasteiger partial charge in [-0.05, 0) is 43.0 Å². The van der Waals surface area contributed by atoms with Crippen molar-refractivity contribution in [2.75, 3.05) is 18.6 Å². The third kappa shape index (κ3) is 2.27. The number of hydrogen-bond donors (Lipinski definition) is 1. The Morgan fingerprint density at radius 2 is 2.43 bits per heavy atom. The van der Waals surface area contributed by atoms with Gasteiger partial charge in [-0.2, -0.15) is 11.8 Å². The van der Waals surface area contributed by atoms with E-state index in [4.69, 9.17) is 11.6 Å². The highest BCUT2D eigenvalue weighted by atomic mass is 35.5. The Kier molecular flexibility index (Phi) is 3.77. The van der Waals surface area contributed by atoms with Gasteiger partial charge in [0, 0.05) is 10.9 Å². The molecule has 0 spiro atoms. The lowest BCUT2D eigenvalue weighted by Gasteiger charge is -2.20. The van der Waals surface area contributed by atoms with Crippen molar-refractivity contribution in [1.82, 2.24) is 5.32 Å². The number of rotatable bonds is 3. The molecule has 4 heteroatoms. The normalized spacial score (nSPS) is 24.0. The minimum Gasteiger partial charge on any atom is -0.312 e. The number of thiophene rings is 1. The monoisotopic (exact) mass is 247 g/mol. The van der Waals surface area contributed by atoms with Crippen LogP contribution in [0.4, 0.5) is 0 Å². The summed E-state index contributed by atoms with van der Waals surface area (Å²) in [4.78, 5) is 1.38. The first-order chi connectivity index (χ1) is 6.81. The zero-order chi connectivity index (χ0) is 9.97. The maximum atomic E-state index is 5.95. The standard InChI is InChI=1S/C10H14ClNS2/c1-12-10(7-4-5-13-6-7)8-2-3-9(11)14-8/h2-3,7,10,12H,4-6H2,1H3. The largest absolute Gasteiger partial charge is 0.312 e. The van der Waals surface area contributed by atoms with Crippen LogP contribution in [0.3, 0.4) is 0 Å². The Labute approximate surface area is 98.2 Å². The average Bonchev–Trinajstić information content (AvgIpc) is 2.79. The maximum Gasteiger partial charge on any atom is 0.0931 e. The van der Waals surface area contributed by atoms with Crippen LogP contribution in [0, 0.1) is 5.92 Å². The summed E-state index contributed by atoms with van der Waals surface area (Å²) in [6.45, 7) is 0. The molecular weight excluding hydrogens is 234 g/mol. The molecule has 1 aromatic rings. The summed E-state index contributed by atoms with van der Waals surface area (Å²) in [6, 6.07) is 4.65. The van der Waals surface area contributed by atoms with Crippen molar-refractivity contribution >= 4 is 34.7 Å². The second-order valence-corrected chi connectivity index (χ2v) is 6.43. The van der Waals surface area contributed by atoms with E-state index in [0.29, 0.717) is 6.04 Å². The molecule has 1 N–H and O–H groups in total. The van der Waals surface area contributed by atoms with Crippen molar-refractivity contribution < 1.29 is 0 Å². The molecule has 0 radical (unpaired) electrons. The fourth-order valence-corrected chi connectivity index (χ4v) is 4.48. The van der Waals surface area contributed by atoms with Crippen LogP contribution < -0.4 is 5.32 Å². The van der Waals surface area contributed by atoms with Gasteiger partial charge in [-0.3, -0.25) is 0 Å². The molecule has 1 saturated heterocycles. The van der Waals surface area contributed by atoms with Crippen molar-refractivity contribution in [3.63, 3.8) is 0 Å². The third-order valence-electron chi connectivity index (χ3n) is 2.65. The van der Waals surface area contributed by atoms with Crippen molar-refractivity contribution in [3.05, 3.63) is 21.3 Å². The summed E-state index contributed by atoms with van der Waals surface area (Å²) >= 11 is 9.71. The summed E-state index contributed by atoms with van der Waals surface area (Å²) in [5.74, 6) is 3.36. The number of hydrogen-bond acceptors (Lipinski definition) is 3. The molecule has 2 heterocycles. The predicted molar refractivity (Wildman–Crippen MR) is 66.6 cm³/mol. The quantitative estimate of drug-likeness (QED) is 0.879. The van der Waals surface area contributed by atoms with Gasteiger partial charge in [0.25, 0.3) is 0 Å². The van der Waals surface area contributed by atoms with Gasteiger partial charge in [-0.25, -0.2) is 0 Å². The van der Waals surface area contributed by atoms with Crippen LogP contribution in [-0.2, 0) is 0 Å². The van der Waals surface area contributed by atoms with E-state index < -0.39 is 0 Å². The molecule has 0 bridgehead atoms. The number of thioether (sulfide) groups is 1. The van der Waals surface area contributed by atoms with Crippen LogP contribution in [0.15, 0.2) is 12.1 Å². The van der Waals surface area contributed by atoms with Gasteiger partial charge in [-0.15, -0.1) is 11.3 Å². The maximum absolute atomic E-state index is 5.95. The molecule has 2 rings (SSSR count). The second-order valence-electron chi connectivity index (χ2n) is 3.53. The van der Waals surface area contributed by atoms with Gasteiger partial charge in [0.15, 0.2) is 0 Å². The minimum atomic E-state index is 0.502. The van der Waals surface area contributed by atoms with E-state index in [9.17, 15) is 0 Å². The van der Waals surface area contributed by atoms with E-state index in [2.05, 4.69) is 23.1 Å². The smallest absolute Gasteiger partial charge is 0.0931 e. The first-order valence-corrected chi connectivity index (χ1v) is 7.16. The summed E-state index contributed by atoms with van der Waals surface area (Å²) in [6.07, 6.45) is 1.33. The summed E-state index contributed by atoms with van der Waals surface area (Å²) in [5.41, 5.74) is 0. The van der Waals surface area contributed by atoms with Gasteiger partial charge in [0.05, 0.1) is 4.34 Å². The van der Waals surface area contributed by atoms with Crippen LogP contribution in [-0.4, -0.2) is 18.6 Å². The van der Waals surface area contributed by atoms with Crippen molar-refractivity contribution in [2.45, 2.75) is 12.5 Å². The average molecular weight is 248 g/mol. The Bertz CT molecular complexity index is 294. The Morgan fingerprint density at radius 3 is 2.93 bits per heavy atom. The molecule has 14 heavy (non-hydrogen) atoms. The third-order valence-corrected chi connectivity index (χ3v) is 5.15. The molecule has 0 aromatic carbocycles. The van der Waals surface area contributed by atoms with Gasteiger partial charge in [-0.1, -0.05) is 11.6 Å². The van der Waals surface area contributed by atoms with Gasteiger partial charge in [0.1, 0.15) is 0 Å². The second kappa shape index (κ2) is 4.88. The molecule has 1 aromatic heterocycles. The highest BCUT2D eigenvalue weighted by Crippen LogP contribution is 2.37. The first kappa shape index (κ1) is 10.8. The van der Waals surface area contributed by atoms with Crippen LogP contribution >= 0.6 is 34.7 Å². The molecule has 78 valence electrons. The van der Waals surface area contributed by atoms with E-state index in [1.165, 1.54) is 22.8 Å². The molecule has 2 atom stereocenters. The van der Waals surface area contributed by atoms with E-state index in [1.807, 2.05) is 13.1 Å². The van der Waals surface area contributed by atoms with E-state index in [-0.39, 0.29) is 0 Å². The van der Waals surface area contributed by atoms with Crippen molar-refractivity contribution in [2.24, 2.45) is 5.92 Å². The fourth-order valence-electron chi connectivity index (χ4n) is 1.92. The molecule has 0 amide bonds. The van der Waals surface area contributed by atoms with Gasteiger partial charge < -0.3 is 5.32 Å². The number of nitrogens with one attached hydrogen (secondary N) is 1. The molecule has 0 saturated carbocycles. The highest BCUT2D eigenvalue weighted by molar-refractivity contribution is 7.99. The van der Waals surface area contributed by atoms with Crippen LogP contribution in [0.2, 0.25) is 4.34 Å². The van der Waals surface area contributed by atoms with E-state index in [0.717, 1.165) is 10.3 Å². The Hall–Kier alpha value is 0.300. The zero-order valence-corrected chi connectivity index (χ0v) is 10.5. The number of halogens is 1. The molecule has 2 unspecified atom stereocenters. The fraction of sp³-hybridized carbons (Fsp3) is 0.600. The van der Waals surface area contributed by atoms with E-state index in [1.54, 1.807) is 11.3 Å². The zero-order valence-electron chi connectivity index (χ0n) is 8.13. The molecule has 1 aliphatic heterocycles. The molecular formula is C10H14ClNS2. The van der Waals surface area contributed by atoms with Gasteiger partial charge in [0.2, 0.25) is 0 Å². The summed E-state index contributed by atoms with van der Waals surface area (Å²) in [7, 11) is 2.04.